The number of nitrogens with one attached hydrogen (secondary N) is 1. The summed E-state index contributed by atoms with van der Waals surface area (Å²) in [6.45, 7) is 3.30. The fourth-order valence-corrected chi connectivity index (χ4v) is 4.26. The van der Waals surface area contributed by atoms with Gasteiger partial charge in [-0.05, 0) is 44.1 Å². The first-order valence-corrected chi connectivity index (χ1v) is 8.38. The SMILES string of the molecule is CCCn1c(CC2CC3CCC(C2)N3)nc2cnccc21. The first-order valence-electron chi connectivity index (χ1n) is 8.38. The molecule has 0 aromatic carbocycles. The molecule has 2 aliphatic rings. The van der Waals surface area contributed by atoms with Crippen LogP contribution in [0.4, 0.5) is 0 Å². The smallest absolute Gasteiger partial charge is 0.110 e. The van der Waals surface area contributed by atoms with Gasteiger partial charge in [-0.1, -0.05) is 6.92 Å². The molecular weight excluding hydrogens is 260 g/mol. The summed E-state index contributed by atoms with van der Waals surface area (Å²) in [5, 5.41) is 3.74. The molecule has 2 aromatic rings. The summed E-state index contributed by atoms with van der Waals surface area (Å²) in [6, 6.07) is 3.63. The minimum atomic E-state index is 0.763. The van der Waals surface area contributed by atoms with Crippen molar-refractivity contribution in [2.24, 2.45) is 5.92 Å². The van der Waals surface area contributed by atoms with Gasteiger partial charge in [0, 0.05) is 31.2 Å². The van der Waals surface area contributed by atoms with Crippen molar-refractivity contribution >= 4 is 11.0 Å². The summed E-state index contributed by atoms with van der Waals surface area (Å²) in [5.41, 5.74) is 2.30. The van der Waals surface area contributed by atoms with E-state index in [1.807, 2.05) is 12.4 Å². The maximum Gasteiger partial charge on any atom is 0.110 e. The molecule has 1 N–H and O–H groups in total. The lowest BCUT2D eigenvalue weighted by molar-refractivity contribution is 0.293. The van der Waals surface area contributed by atoms with E-state index in [-0.39, 0.29) is 0 Å². The summed E-state index contributed by atoms with van der Waals surface area (Å²) < 4.78 is 2.42. The summed E-state index contributed by atoms with van der Waals surface area (Å²) >= 11 is 0. The molecule has 4 heteroatoms. The van der Waals surface area contributed by atoms with Crippen LogP contribution in [0, 0.1) is 5.92 Å². The highest BCUT2D eigenvalue weighted by atomic mass is 15.1. The van der Waals surface area contributed by atoms with Crippen LogP contribution in [0.2, 0.25) is 0 Å². The molecule has 0 spiro atoms. The van der Waals surface area contributed by atoms with Crippen LogP contribution in [0.5, 0.6) is 0 Å². The lowest BCUT2D eigenvalue weighted by Crippen LogP contribution is -2.38. The third-order valence-corrected chi connectivity index (χ3v) is 5.12. The number of rotatable bonds is 4. The van der Waals surface area contributed by atoms with E-state index in [1.54, 1.807) is 0 Å². The second-order valence-corrected chi connectivity index (χ2v) is 6.72. The predicted octanol–water partition coefficient (Wildman–Crippen LogP) is 2.91. The van der Waals surface area contributed by atoms with Crippen LogP contribution in [-0.2, 0) is 13.0 Å². The highest BCUT2D eigenvalue weighted by Crippen LogP contribution is 2.33. The van der Waals surface area contributed by atoms with Gasteiger partial charge in [0.2, 0.25) is 0 Å². The Morgan fingerprint density at radius 2 is 2.10 bits per heavy atom. The average Bonchev–Trinajstić information content (AvgIpc) is 3.00. The molecule has 2 aliphatic heterocycles. The second kappa shape index (κ2) is 5.41. The van der Waals surface area contributed by atoms with Gasteiger partial charge in [0.15, 0.2) is 0 Å². The summed E-state index contributed by atoms with van der Waals surface area (Å²) in [7, 11) is 0. The Bertz CT molecular complexity index is 621. The average molecular weight is 284 g/mol. The van der Waals surface area contributed by atoms with Gasteiger partial charge in [-0.25, -0.2) is 4.98 Å². The van der Waals surface area contributed by atoms with E-state index in [0.29, 0.717) is 0 Å². The Morgan fingerprint density at radius 1 is 1.29 bits per heavy atom. The van der Waals surface area contributed by atoms with Crippen molar-refractivity contribution in [2.45, 2.75) is 64.1 Å². The van der Waals surface area contributed by atoms with Crippen molar-refractivity contribution < 1.29 is 0 Å². The summed E-state index contributed by atoms with van der Waals surface area (Å²) in [4.78, 5) is 9.10. The topological polar surface area (TPSA) is 42.7 Å². The van der Waals surface area contributed by atoms with Crippen molar-refractivity contribution in [2.75, 3.05) is 0 Å². The molecule has 0 aliphatic carbocycles. The van der Waals surface area contributed by atoms with E-state index in [0.717, 1.165) is 42.9 Å². The van der Waals surface area contributed by atoms with Gasteiger partial charge >= 0.3 is 0 Å². The Morgan fingerprint density at radius 3 is 2.86 bits per heavy atom. The van der Waals surface area contributed by atoms with Crippen molar-refractivity contribution in [3.05, 3.63) is 24.3 Å². The van der Waals surface area contributed by atoms with Crippen LogP contribution in [0.1, 0.15) is 44.9 Å². The quantitative estimate of drug-likeness (QED) is 0.938. The predicted molar refractivity (Wildman–Crippen MR) is 84.2 cm³/mol. The maximum atomic E-state index is 4.88. The molecule has 2 atom stereocenters. The molecule has 0 amide bonds. The number of aryl methyl sites for hydroxylation is 1. The number of fused-ring (bicyclic) bond motifs is 3. The minimum Gasteiger partial charge on any atom is -0.328 e. The Labute approximate surface area is 126 Å². The zero-order valence-corrected chi connectivity index (χ0v) is 12.8. The van der Waals surface area contributed by atoms with Crippen molar-refractivity contribution in [1.29, 1.82) is 0 Å². The minimum absolute atomic E-state index is 0.763. The first kappa shape index (κ1) is 13.3. The first-order chi connectivity index (χ1) is 10.3. The molecule has 21 heavy (non-hydrogen) atoms. The molecule has 2 unspecified atom stereocenters. The van der Waals surface area contributed by atoms with Crippen molar-refractivity contribution in [1.82, 2.24) is 19.9 Å². The molecule has 2 bridgehead atoms. The van der Waals surface area contributed by atoms with Crippen molar-refractivity contribution in [3.63, 3.8) is 0 Å². The van der Waals surface area contributed by atoms with Gasteiger partial charge in [0.25, 0.3) is 0 Å². The molecule has 4 heterocycles. The van der Waals surface area contributed by atoms with Crippen LogP contribution in [0.25, 0.3) is 11.0 Å². The monoisotopic (exact) mass is 284 g/mol. The Hall–Kier alpha value is -1.42. The maximum absolute atomic E-state index is 4.88. The van der Waals surface area contributed by atoms with E-state index in [9.17, 15) is 0 Å². The Balaban J connectivity index is 1.61. The van der Waals surface area contributed by atoms with Crippen LogP contribution in [0.3, 0.4) is 0 Å². The molecule has 4 rings (SSSR count). The number of piperidine rings is 1. The second-order valence-electron chi connectivity index (χ2n) is 6.72. The van der Waals surface area contributed by atoms with E-state index < -0.39 is 0 Å². The van der Waals surface area contributed by atoms with Gasteiger partial charge in [0.1, 0.15) is 11.3 Å². The van der Waals surface area contributed by atoms with E-state index in [1.165, 1.54) is 37.0 Å². The highest BCUT2D eigenvalue weighted by molar-refractivity contribution is 5.74. The van der Waals surface area contributed by atoms with Gasteiger partial charge < -0.3 is 9.88 Å². The van der Waals surface area contributed by atoms with E-state index in [4.69, 9.17) is 4.98 Å². The zero-order valence-electron chi connectivity index (χ0n) is 12.8. The molecule has 0 radical (unpaired) electrons. The van der Waals surface area contributed by atoms with Crippen LogP contribution in [-0.4, -0.2) is 26.6 Å². The lowest BCUT2D eigenvalue weighted by atomic mass is 9.89. The number of pyridine rings is 1. The normalized spacial score (nSPS) is 28.3. The van der Waals surface area contributed by atoms with E-state index in [2.05, 4.69) is 27.9 Å². The fraction of sp³-hybridized carbons (Fsp3) is 0.647. The third kappa shape index (κ3) is 2.46. The fourth-order valence-electron chi connectivity index (χ4n) is 4.26. The van der Waals surface area contributed by atoms with Crippen LogP contribution >= 0.6 is 0 Å². The lowest BCUT2D eigenvalue weighted by Gasteiger charge is -2.29. The molecule has 0 saturated carbocycles. The number of imidazole rings is 1. The number of hydrogen-bond donors (Lipinski definition) is 1. The zero-order chi connectivity index (χ0) is 14.2. The van der Waals surface area contributed by atoms with E-state index >= 15 is 0 Å². The van der Waals surface area contributed by atoms with Gasteiger partial charge in [-0.3, -0.25) is 4.98 Å². The molecule has 2 aromatic heterocycles. The molecule has 2 fully saturated rings. The highest BCUT2D eigenvalue weighted by Gasteiger charge is 2.34. The third-order valence-electron chi connectivity index (χ3n) is 5.12. The van der Waals surface area contributed by atoms with Crippen LogP contribution < -0.4 is 5.32 Å². The summed E-state index contributed by atoms with van der Waals surface area (Å²) in [6.07, 6.45) is 11.4. The standard InChI is InChI=1S/C17H24N4/c1-2-7-21-16-5-6-18-11-15(16)20-17(21)10-12-8-13-3-4-14(9-12)19-13/h5-6,11-14,19H,2-4,7-10H2,1H3. The number of aromatic nitrogens is 3. The van der Waals surface area contributed by atoms with Gasteiger partial charge in [-0.15, -0.1) is 0 Å². The Kier molecular flexibility index (Phi) is 3.42. The molecule has 112 valence electrons. The number of nitrogens with zero attached hydrogens (tertiary/aromatic N) is 3. The molecule has 4 nitrogen and oxygen atoms in total. The molecular formula is C17H24N4. The van der Waals surface area contributed by atoms with Crippen molar-refractivity contribution in [3.8, 4) is 0 Å². The largest absolute Gasteiger partial charge is 0.328 e. The van der Waals surface area contributed by atoms with Gasteiger partial charge in [0.05, 0.1) is 11.7 Å². The molecule has 2 saturated heterocycles. The summed E-state index contributed by atoms with van der Waals surface area (Å²) in [5.74, 6) is 2.07. The number of hydrogen-bond acceptors (Lipinski definition) is 3. The van der Waals surface area contributed by atoms with Gasteiger partial charge in [-0.2, -0.15) is 0 Å². The van der Waals surface area contributed by atoms with Crippen LogP contribution in [0.15, 0.2) is 18.5 Å².